The minimum atomic E-state index is -0.907. The quantitative estimate of drug-likeness (QED) is 0.314. The maximum atomic E-state index is 14.4. The summed E-state index contributed by atoms with van der Waals surface area (Å²) in [5.41, 5.74) is 3.13. The SMILES string of the molecule is CCOC(=O)C1=C(c2ccccc2)N=c2s/c(=C3\C(=O)N(C)c4ccc(Br)cc43)c(=O)n2C1c1ccc2c(c1)OCO2. The fourth-order valence-electron chi connectivity index (χ4n) is 5.50. The number of carbonyl (C=O) groups excluding carboxylic acids is 2. The van der Waals surface area contributed by atoms with Gasteiger partial charge in [0, 0.05) is 22.6 Å². The normalized spacial score (nSPS) is 18.1. The van der Waals surface area contributed by atoms with E-state index in [1.165, 1.54) is 9.47 Å². The predicted octanol–water partition coefficient (Wildman–Crippen LogP) is 3.77. The summed E-state index contributed by atoms with van der Waals surface area (Å²) in [6, 6.07) is 19.2. The third-order valence-electron chi connectivity index (χ3n) is 7.40. The number of likely N-dealkylation sites (N-methyl/N-ethyl adjacent to an activating group) is 1. The molecule has 1 amide bonds. The van der Waals surface area contributed by atoms with E-state index in [-0.39, 0.29) is 29.4 Å². The number of halogens is 1. The zero-order chi connectivity index (χ0) is 29.1. The summed E-state index contributed by atoms with van der Waals surface area (Å²) >= 11 is 4.62. The molecule has 4 aromatic rings. The molecular weight excluding hydrogens is 622 g/mol. The van der Waals surface area contributed by atoms with Gasteiger partial charge in [-0.1, -0.05) is 63.7 Å². The first-order chi connectivity index (χ1) is 20.4. The maximum Gasteiger partial charge on any atom is 0.338 e. The number of ether oxygens (including phenoxy) is 3. The van der Waals surface area contributed by atoms with Crippen LogP contribution in [0, 0.1) is 0 Å². The molecule has 1 atom stereocenters. The third kappa shape index (κ3) is 4.03. The standard InChI is InChI=1S/C31H22BrN3O6S/c1-3-39-30(38)24-25(16-7-5-4-6-8-16)33-31-35(26(24)17-9-12-21-22(13-17)41-15-40-21)29(37)27(42-31)23-19-14-18(32)10-11-20(19)34(2)28(23)36/h4-14,26H,3,15H2,1-2H3/b27-23-. The molecule has 210 valence electrons. The van der Waals surface area contributed by atoms with Gasteiger partial charge in [0.1, 0.15) is 4.53 Å². The average Bonchev–Trinajstić information content (AvgIpc) is 3.66. The molecule has 0 fully saturated rings. The van der Waals surface area contributed by atoms with E-state index in [1.807, 2.05) is 48.5 Å². The molecule has 1 aromatic heterocycles. The summed E-state index contributed by atoms with van der Waals surface area (Å²) in [4.78, 5) is 48.4. The summed E-state index contributed by atoms with van der Waals surface area (Å²) in [5, 5.41) is 0. The van der Waals surface area contributed by atoms with Crippen molar-refractivity contribution in [1.29, 1.82) is 0 Å². The van der Waals surface area contributed by atoms with E-state index in [4.69, 9.17) is 19.2 Å². The zero-order valence-corrected chi connectivity index (χ0v) is 24.8. The van der Waals surface area contributed by atoms with E-state index in [1.54, 1.807) is 32.2 Å². The number of carbonyl (C=O) groups is 2. The van der Waals surface area contributed by atoms with Gasteiger partial charge in [0.2, 0.25) is 6.79 Å². The Morgan fingerprint density at radius 2 is 1.86 bits per heavy atom. The lowest BCUT2D eigenvalue weighted by atomic mass is 9.93. The Labute approximate surface area is 251 Å². The van der Waals surface area contributed by atoms with Crippen molar-refractivity contribution in [3.63, 3.8) is 0 Å². The van der Waals surface area contributed by atoms with E-state index in [0.717, 1.165) is 15.8 Å². The first-order valence-corrected chi connectivity index (χ1v) is 14.8. The number of anilines is 1. The van der Waals surface area contributed by atoms with Crippen LogP contribution in [-0.4, -0.2) is 36.9 Å². The minimum absolute atomic E-state index is 0.0747. The van der Waals surface area contributed by atoms with Crippen molar-refractivity contribution in [2.75, 3.05) is 25.3 Å². The number of esters is 1. The molecule has 0 aliphatic carbocycles. The summed E-state index contributed by atoms with van der Waals surface area (Å²) in [6.45, 7) is 1.94. The lowest BCUT2D eigenvalue weighted by molar-refractivity contribution is -0.138. The second kappa shape index (κ2) is 10.1. The number of amides is 1. The molecule has 0 radical (unpaired) electrons. The largest absolute Gasteiger partial charge is 0.463 e. The van der Waals surface area contributed by atoms with Crippen LogP contribution >= 0.6 is 27.3 Å². The Hall–Kier alpha value is -4.48. The summed E-state index contributed by atoms with van der Waals surface area (Å²) in [7, 11) is 1.68. The highest BCUT2D eigenvalue weighted by molar-refractivity contribution is 9.10. The van der Waals surface area contributed by atoms with E-state index in [0.29, 0.717) is 49.9 Å². The monoisotopic (exact) mass is 643 g/mol. The first-order valence-electron chi connectivity index (χ1n) is 13.2. The Morgan fingerprint density at radius 3 is 2.64 bits per heavy atom. The average molecular weight is 645 g/mol. The van der Waals surface area contributed by atoms with Crippen LogP contribution in [0.4, 0.5) is 5.69 Å². The molecule has 4 heterocycles. The highest BCUT2D eigenvalue weighted by Gasteiger charge is 2.38. The van der Waals surface area contributed by atoms with Crippen molar-refractivity contribution in [1.82, 2.24) is 4.57 Å². The molecule has 11 heteroatoms. The topological polar surface area (TPSA) is 99.4 Å². The predicted molar refractivity (Wildman–Crippen MR) is 160 cm³/mol. The first kappa shape index (κ1) is 26.4. The van der Waals surface area contributed by atoms with Gasteiger partial charge in [-0.05, 0) is 42.8 Å². The van der Waals surface area contributed by atoms with Gasteiger partial charge in [-0.3, -0.25) is 14.2 Å². The van der Waals surface area contributed by atoms with Gasteiger partial charge in [-0.15, -0.1) is 0 Å². The van der Waals surface area contributed by atoms with Gasteiger partial charge in [-0.25, -0.2) is 9.79 Å². The molecule has 0 saturated carbocycles. The number of rotatable bonds is 4. The van der Waals surface area contributed by atoms with Crippen molar-refractivity contribution >= 4 is 56.1 Å². The van der Waals surface area contributed by atoms with E-state index in [9.17, 15) is 14.4 Å². The Morgan fingerprint density at radius 1 is 1.07 bits per heavy atom. The van der Waals surface area contributed by atoms with Gasteiger partial charge in [0.15, 0.2) is 16.3 Å². The molecule has 3 aliphatic heterocycles. The number of nitrogens with zero attached hydrogens (tertiary/aromatic N) is 3. The summed E-state index contributed by atoms with van der Waals surface area (Å²) in [6.07, 6.45) is 0. The van der Waals surface area contributed by atoms with E-state index < -0.39 is 17.6 Å². The fourth-order valence-corrected chi connectivity index (χ4v) is 6.95. The minimum Gasteiger partial charge on any atom is -0.463 e. The second-order valence-corrected chi connectivity index (χ2v) is 11.7. The lowest BCUT2D eigenvalue weighted by Gasteiger charge is -2.26. The van der Waals surface area contributed by atoms with Crippen molar-refractivity contribution in [2.45, 2.75) is 13.0 Å². The van der Waals surface area contributed by atoms with Gasteiger partial charge >= 0.3 is 5.97 Å². The van der Waals surface area contributed by atoms with Crippen LogP contribution in [0.15, 0.2) is 86.6 Å². The molecule has 0 saturated heterocycles. The van der Waals surface area contributed by atoms with Gasteiger partial charge in [-0.2, -0.15) is 0 Å². The molecule has 0 bridgehead atoms. The highest BCUT2D eigenvalue weighted by atomic mass is 79.9. The number of aromatic nitrogens is 1. The third-order valence-corrected chi connectivity index (χ3v) is 8.94. The van der Waals surface area contributed by atoms with Crippen LogP contribution in [0.5, 0.6) is 11.5 Å². The zero-order valence-electron chi connectivity index (χ0n) is 22.4. The molecular formula is C31H22BrN3O6S. The van der Waals surface area contributed by atoms with E-state index >= 15 is 0 Å². The smallest absolute Gasteiger partial charge is 0.338 e. The number of thiazole rings is 1. The van der Waals surface area contributed by atoms with Crippen molar-refractivity contribution < 1.29 is 23.8 Å². The highest BCUT2D eigenvalue weighted by Crippen LogP contribution is 2.40. The number of hydrogen-bond donors (Lipinski definition) is 0. The Kier molecular flexibility index (Phi) is 6.36. The van der Waals surface area contributed by atoms with Gasteiger partial charge in [0.25, 0.3) is 11.5 Å². The molecule has 1 unspecified atom stereocenters. The molecule has 42 heavy (non-hydrogen) atoms. The van der Waals surface area contributed by atoms with Crippen LogP contribution < -0.4 is 29.3 Å². The van der Waals surface area contributed by atoms with Crippen LogP contribution in [-0.2, 0) is 14.3 Å². The van der Waals surface area contributed by atoms with Crippen molar-refractivity contribution in [3.05, 3.63) is 113 Å². The molecule has 0 N–H and O–H groups in total. The van der Waals surface area contributed by atoms with Crippen LogP contribution in [0.25, 0.3) is 11.3 Å². The Balaban J connectivity index is 1.58. The Bertz CT molecular complexity index is 2030. The molecule has 9 nitrogen and oxygen atoms in total. The van der Waals surface area contributed by atoms with Crippen LogP contribution in [0.1, 0.15) is 29.7 Å². The summed E-state index contributed by atoms with van der Waals surface area (Å²) < 4.78 is 19.2. The second-order valence-electron chi connectivity index (χ2n) is 9.77. The van der Waals surface area contributed by atoms with E-state index in [2.05, 4.69) is 15.9 Å². The van der Waals surface area contributed by atoms with Gasteiger partial charge in [0.05, 0.1) is 35.2 Å². The van der Waals surface area contributed by atoms with Crippen molar-refractivity contribution in [3.8, 4) is 11.5 Å². The molecule has 3 aliphatic rings. The molecule has 0 spiro atoms. The molecule has 7 rings (SSSR count). The summed E-state index contributed by atoms with van der Waals surface area (Å²) in [5.74, 6) is 0.193. The maximum absolute atomic E-state index is 14.4. The number of benzene rings is 3. The van der Waals surface area contributed by atoms with Crippen LogP contribution in [0.3, 0.4) is 0 Å². The fraction of sp³-hybridized carbons (Fsp3) is 0.161. The number of fused-ring (bicyclic) bond motifs is 3. The molecule has 3 aromatic carbocycles. The lowest BCUT2D eigenvalue weighted by Crippen LogP contribution is -2.40. The van der Waals surface area contributed by atoms with Gasteiger partial charge < -0.3 is 19.1 Å². The van der Waals surface area contributed by atoms with Crippen LogP contribution in [0.2, 0.25) is 0 Å². The van der Waals surface area contributed by atoms with Crippen molar-refractivity contribution in [2.24, 2.45) is 4.99 Å². The number of hydrogen-bond acceptors (Lipinski definition) is 8.